The molecule has 0 fully saturated rings. The van der Waals surface area contributed by atoms with Crippen LogP contribution in [0.3, 0.4) is 0 Å². The van der Waals surface area contributed by atoms with E-state index in [0.717, 1.165) is 38.2 Å². The molecule has 2 aromatic heterocycles. The number of nitrogens with one attached hydrogen (secondary N) is 2. The summed E-state index contributed by atoms with van der Waals surface area (Å²) in [6.07, 6.45) is 1.95. The van der Waals surface area contributed by atoms with E-state index in [2.05, 4.69) is 31.7 Å². The first-order valence-electron chi connectivity index (χ1n) is 11.7. The Labute approximate surface area is 243 Å². The van der Waals surface area contributed by atoms with Crippen LogP contribution in [0, 0.1) is 0 Å². The lowest BCUT2D eigenvalue weighted by molar-refractivity contribution is -0.120. The van der Waals surface area contributed by atoms with Crippen molar-refractivity contribution in [3.8, 4) is 11.3 Å². The molecule has 6 nitrogen and oxygen atoms in total. The highest BCUT2D eigenvalue weighted by molar-refractivity contribution is 9.10. The van der Waals surface area contributed by atoms with Gasteiger partial charge in [0.2, 0.25) is 5.91 Å². The molecule has 0 radical (unpaired) electrons. The van der Waals surface area contributed by atoms with Crippen molar-refractivity contribution in [3.63, 3.8) is 0 Å². The molecule has 3 aromatic carbocycles. The molecule has 0 spiro atoms. The molecule has 5 aromatic rings. The Hall–Kier alpha value is -3.10. The van der Waals surface area contributed by atoms with E-state index in [1.54, 1.807) is 28.9 Å². The Morgan fingerprint density at radius 2 is 1.55 bits per heavy atom. The number of carbonyl (C=O) groups is 1. The number of fused-ring (bicyclic) bond motifs is 1. The molecule has 2 N–H and O–H groups in total. The fraction of sp³-hybridized carbons (Fsp3) is 0.107. The Morgan fingerprint density at radius 3 is 2.29 bits per heavy atom. The molecule has 0 atom stereocenters. The first-order chi connectivity index (χ1) is 18.4. The van der Waals surface area contributed by atoms with E-state index in [1.165, 1.54) is 0 Å². The van der Waals surface area contributed by atoms with Crippen LogP contribution >= 0.6 is 50.7 Å². The van der Waals surface area contributed by atoms with Crippen LogP contribution in [-0.4, -0.2) is 20.5 Å². The minimum absolute atomic E-state index is 0.0875. The predicted octanol–water partition coefficient (Wildman–Crippen LogP) is 7.59. The van der Waals surface area contributed by atoms with E-state index in [9.17, 15) is 4.79 Å². The maximum Gasteiger partial charge on any atom is 0.224 e. The van der Waals surface area contributed by atoms with Crippen LogP contribution < -0.4 is 10.6 Å². The fourth-order valence-electron chi connectivity index (χ4n) is 3.93. The summed E-state index contributed by atoms with van der Waals surface area (Å²) in [5.74, 6) is 0.699. The van der Waals surface area contributed by atoms with E-state index >= 15 is 0 Å². The zero-order valence-corrected chi connectivity index (χ0v) is 23.7. The van der Waals surface area contributed by atoms with Crippen molar-refractivity contribution in [3.05, 3.63) is 115 Å². The number of nitrogens with zero attached hydrogens (tertiary/aromatic N) is 3. The molecule has 1 amide bonds. The summed E-state index contributed by atoms with van der Waals surface area (Å²) in [5, 5.41) is 12.4. The van der Waals surface area contributed by atoms with E-state index < -0.39 is 0 Å². The van der Waals surface area contributed by atoms with Crippen LogP contribution in [0.2, 0.25) is 15.1 Å². The molecule has 0 aliphatic carbocycles. The summed E-state index contributed by atoms with van der Waals surface area (Å²) < 4.78 is 2.54. The van der Waals surface area contributed by atoms with Crippen molar-refractivity contribution in [1.29, 1.82) is 0 Å². The SMILES string of the molecule is O=C(Cc1ccc(Cl)c(Cl)c1)NCc1ccc(CNc2cc(-c3ccccc3Cl)nc3c(Br)cnn23)cc1. The van der Waals surface area contributed by atoms with E-state index in [4.69, 9.17) is 39.8 Å². The van der Waals surface area contributed by atoms with Gasteiger partial charge >= 0.3 is 0 Å². The average molecular weight is 630 g/mol. The summed E-state index contributed by atoms with van der Waals surface area (Å²) in [5.41, 5.74) is 5.17. The largest absolute Gasteiger partial charge is 0.366 e. The summed E-state index contributed by atoms with van der Waals surface area (Å²) in [6.45, 7) is 1.00. The number of halogens is 4. The van der Waals surface area contributed by atoms with Crippen LogP contribution in [0.25, 0.3) is 16.9 Å². The van der Waals surface area contributed by atoms with Gasteiger partial charge in [0.1, 0.15) is 5.82 Å². The standard InChI is InChI=1S/C28H21BrCl3N5O/c29-21-16-35-37-26(13-25(36-28(21)37)20-3-1-2-4-22(20)30)33-14-17-5-7-18(8-6-17)15-34-27(38)12-19-9-10-23(31)24(32)11-19/h1-11,13,16,33H,12,14-15H2,(H,34,38). The maximum absolute atomic E-state index is 12.3. The molecule has 0 saturated carbocycles. The van der Waals surface area contributed by atoms with Gasteiger partial charge in [-0.15, -0.1) is 0 Å². The number of hydrogen-bond acceptors (Lipinski definition) is 4. The molecule has 10 heteroatoms. The van der Waals surface area contributed by atoms with Crippen molar-refractivity contribution in [2.45, 2.75) is 19.5 Å². The van der Waals surface area contributed by atoms with E-state index in [1.807, 2.05) is 54.6 Å². The molecule has 0 unspecified atom stereocenters. The minimum Gasteiger partial charge on any atom is -0.366 e. The number of hydrogen-bond donors (Lipinski definition) is 2. The lowest BCUT2D eigenvalue weighted by Gasteiger charge is -2.12. The topological polar surface area (TPSA) is 71.3 Å². The summed E-state index contributed by atoms with van der Waals surface area (Å²) in [7, 11) is 0. The molecule has 0 saturated heterocycles. The van der Waals surface area contributed by atoms with Gasteiger partial charge in [0, 0.05) is 29.7 Å². The summed E-state index contributed by atoms with van der Waals surface area (Å²) in [6, 6.07) is 22.8. The first kappa shape index (κ1) is 26.5. The minimum atomic E-state index is -0.0875. The van der Waals surface area contributed by atoms with Gasteiger partial charge in [-0.05, 0) is 50.8 Å². The van der Waals surface area contributed by atoms with E-state index in [0.29, 0.717) is 33.8 Å². The van der Waals surface area contributed by atoms with Crippen LogP contribution in [0.15, 0.2) is 83.5 Å². The molecule has 5 rings (SSSR count). The molecule has 38 heavy (non-hydrogen) atoms. The second-order valence-electron chi connectivity index (χ2n) is 8.61. The van der Waals surface area contributed by atoms with Gasteiger partial charge < -0.3 is 10.6 Å². The van der Waals surface area contributed by atoms with Crippen molar-refractivity contribution in [2.24, 2.45) is 0 Å². The van der Waals surface area contributed by atoms with Crippen LogP contribution in [-0.2, 0) is 24.3 Å². The lowest BCUT2D eigenvalue weighted by Crippen LogP contribution is -2.24. The third-order valence-corrected chi connectivity index (χ3v) is 7.54. The monoisotopic (exact) mass is 627 g/mol. The van der Waals surface area contributed by atoms with Crippen LogP contribution in [0.4, 0.5) is 5.82 Å². The van der Waals surface area contributed by atoms with Gasteiger partial charge in [0.05, 0.1) is 32.8 Å². The van der Waals surface area contributed by atoms with E-state index in [-0.39, 0.29) is 12.3 Å². The van der Waals surface area contributed by atoms with Crippen molar-refractivity contribution in [2.75, 3.05) is 5.32 Å². The maximum atomic E-state index is 12.3. The predicted molar refractivity (Wildman–Crippen MR) is 157 cm³/mol. The highest BCUT2D eigenvalue weighted by Gasteiger charge is 2.13. The van der Waals surface area contributed by atoms with Crippen LogP contribution in [0.1, 0.15) is 16.7 Å². The van der Waals surface area contributed by atoms with Gasteiger partial charge in [-0.1, -0.05) is 83.3 Å². The molecular weight excluding hydrogens is 609 g/mol. The van der Waals surface area contributed by atoms with Gasteiger partial charge in [-0.2, -0.15) is 9.61 Å². The second-order valence-corrected chi connectivity index (χ2v) is 10.7. The number of amides is 1. The van der Waals surface area contributed by atoms with Crippen molar-refractivity contribution < 1.29 is 4.79 Å². The lowest BCUT2D eigenvalue weighted by atomic mass is 10.1. The smallest absolute Gasteiger partial charge is 0.224 e. The Kier molecular flexibility index (Phi) is 8.19. The van der Waals surface area contributed by atoms with Crippen LogP contribution in [0.5, 0.6) is 0 Å². The molecule has 192 valence electrons. The first-order valence-corrected chi connectivity index (χ1v) is 13.6. The normalized spacial score (nSPS) is 11.1. The Balaban J connectivity index is 1.23. The van der Waals surface area contributed by atoms with Gasteiger partial charge in [-0.25, -0.2) is 4.98 Å². The number of carbonyl (C=O) groups excluding carboxylic acids is 1. The zero-order chi connectivity index (χ0) is 26.6. The quantitative estimate of drug-likeness (QED) is 0.186. The highest BCUT2D eigenvalue weighted by atomic mass is 79.9. The number of aromatic nitrogens is 3. The number of rotatable bonds is 8. The zero-order valence-electron chi connectivity index (χ0n) is 19.9. The third kappa shape index (κ3) is 6.13. The third-order valence-electron chi connectivity index (χ3n) is 5.91. The summed E-state index contributed by atoms with van der Waals surface area (Å²) in [4.78, 5) is 17.1. The van der Waals surface area contributed by atoms with Gasteiger partial charge in [0.25, 0.3) is 0 Å². The number of anilines is 1. The van der Waals surface area contributed by atoms with Gasteiger partial charge in [-0.3, -0.25) is 4.79 Å². The van der Waals surface area contributed by atoms with Crippen molar-refractivity contribution in [1.82, 2.24) is 19.9 Å². The summed E-state index contributed by atoms with van der Waals surface area (Å²) >= 11 is 21.9. The Bertz CT molecular complexity index is 1620. The van der Waals surface area contributed by atoms with Crippen molar-refractivity contribution >= 4 is 68.1 Å². The Morgan fingerprint density at radius 1 is 0.842 bits per heavy atom. The molecular formula is C28H21BrCl3N5O. The molecule has 0 aliphatic heterocycles. The second kappa shape index (κ2) is 11.7. The average Bonchev–Trinajstić information content (AvgIpc) is 3.29. The van der Waals surface area contributed by atoms with Gasteiger partial charge in [0.15, 0.2) is 5.65 Å². The highest BCUT2D eigenvalue weighted by Crippen LogP contribution is 2.30. The number of benzene rings is 3. The molecule has 2 heterocycles. The molecule has 0 bridgehead atoms. The fourth-order valence-corrected chi connectivity index (χ4v) is 4.84. The molecule has 0 aliphatic rings.